The Bertz CT molecular complexity index is 645. The average Bonchev–Trinajstić information content (AvgIpc) is 2.55. The van der Waals surface area contributed by atoms with Crippen LogP contribution >= 0.6 is 0 Å². The number of hydrogen-bond acceptors (Lipinski definition) is 10. The summed E-state index contributed by atoms with van der Waals surface area (Å²) in [7, 11) is 0. The summed E-state index contributed by atoms with van der Waals surface area (Å²) in [4.78, 5) is 47.3. The Kier molecular flexibility index (Phi) is 11.7. The zero-order chi connectivity index (χ0) is 18.3. The minimum Gasteiger partial charge on any atom is -0.545 e. The summed E-state index contributed by atoms with van der Waals surface area (Å²) in [5, 5.41) is 40.6. The number of aromatic carboxylic acids is 4. The summed E-state index contributed by atoms with van der Waals surface area (Å²) in [5.41, 5.74) is -0.944. The maximum Gasteiger partial charge on any atom is 2.00 e. The van der Waals surface area contributed by atoms with E-state index in [0.29, 0.717) is 0 Å². The fourth-order valence-corrected chi connectivity index (χ4v) is 1.27. The summed E-state index contributed by atoms with van der Waals surface area (Å²) in [5.74, 6) is -5.68. The van der Waals surface area contributed by atoms with Gasteiger partial charge >= 0.3 is 39.0 Å². The number of nitrogens with zero attached hydrogens (tertiary/aromatic N) is 2. The van der Waals surface area contributed by atoms with Crippen LogP contribution in [0.2, 0.25) is 0 Å². The number of carboxylic acid groups (broad SMARTS) is 4. The van der Waals surface area contributed by atoms with Crippen LogP contribution in [0.25, 0.3) is 0 Å². The Morgan fingerprint density at radius 1 is 0.577 bits per heavy atom. The van der Waals surface area contributed by atoms with E-state index in [1.54, 1.807) is 0 Å². The van der Waals surface area contributed by atoms with E-state index in [1.807, 2.05) is 0 Å². The van der Waals surface area contributed by atoms with Gasteiger partial charge in [-0.2, -0.15) is 0 Å². The van der Waals surface area contributed by atoms with Crippen LogP contribution < -0.4 is 20.4 Å². The first kappa shape index (κ1) is 25.7. The zero-order valence-corrected chi connectivity index (χ0v) is 19.0. The van der Waals surface area contributed by atoms with Crippen LogP contribution in [0.5, 0.6) is 0 Å². The van der Waals surface area contributed by atoms with Crippen LogP contribution in [-0.4, -0.2) is 33.8 Å². The van der Waals surface area contributed by atoms with Crippen LogP contribution in [0.15, 0.2) is 36.7 Å². The van der Waals surface area contributed by atoms with Crippen molar-refractivity contribution in [1.82, 2.24) is 9.97 Å². The molecule has 2 rings (SSSR count). The molecule has 2 heterocycles. The van der Waals surface area contributed by atoms with Gasteiger partial charge in [0, 0.05) is 23.5 Å². The second-order valence-corrected chi connectivity index (χ2v) is 4.01. The molecule has 0 saturated carbocycles. The summed E-state index contributed by atoms with van der Waals surface area (Å²) in [6.07, 6.45) is 1.81. The second kappa shape index (κ2) is 11.9. The molecule has 0 fully saturated rings. The molecule has 0 bridgehead atoms. The smallest absolute Gasteiger partial charge is 0.545 e. The summed E-state index contributed by atoms with van der Waals surface area (Å²) in [6.45, 7) is 0. The van der Waals surface area contributed by atoms with Gasteiger partial charge in [-0.1, -0.05) is 0 Å². The van der Waals surface area contributed by atoms with Crippen molar-refractivity contribution < 1.29 is 78.6 Å². The molecule has 0 aromatic carbocycles. The van der Waals surface area contributed by atoms with Gasteiger partial charge in [0.15, 0.2) is 0 Å². The zero-order valence-electron chi connectivity index (χ0n) is 13.0. The molecular formula is C14H6N2O8Zn2. The first-order chi connectivity index (χ1) is 11.2. The third kappa shape index (κ3) is 8.00. The quantitative estimate of drug-likeness (QED) is 0.403. The maximum atomic E-state index is 10.2. The van der Waals surface area contributed by atoms with Gasteiger partial charge in [-0.25, -0.2) is 0 Å². The molecule has 0 aliphatic rings. The molecule has 0 saturated heterocycles. The van der Waals surface area contributed by atoms with Gasteiger partial charge in [-0.05, 0) is 24.3 Å². The molecule has 124 valence electrons. The van der Waals surface area contributed by atoms with E-state index >= 15 is 0 Å². The molecule has 0 aliphatic heterocycles. The van der Waals surface area contributed by atoms with Gasteiger partial charge in [-0.15, -0.1) is 0 Å². The largest absolute Gasteiger partial charge is 2.00 e. The molecule has 0 atom stereocenters. The van der Waals surface area contributed by atoms with Crippen LogP contribution in [-0.2, 0) is 39.0 Å². The average molecular weight is 461 g/mol. The van der Waals surface area contributed by atoms with Gasteiger partial charge in [0.1, 0.15) is 0 Å². The molecule has 0 unspecified atom stereocenters. The van der Waals surface area contributed by atoms with Crippen LogP contribution in [0.1, 0.15) is 41.7 Å². The number of hydrogen-bond donors (Lipinski definition) is 0. The standard InChI is InChI=1S/2C7H5NO4.2Zn/c2*9-6(10)4-1-2-5(7(11)12)8-3-4;;/h2*1-3H,(H,9,10)(H,11,12);;/q;;2*+2/p-4. The predicted molar refractivity (Wildman–Crippen MR) is 65.8 cm³/mol. The fraction of sp³-hybridized carbons (Fsp3) is 0. The van der Waals surface area contributed by atoms with Gasteiger partial charge < -0.3 is 39.6 Å². The minimum atomic E-state index is -1.44. The Morgan fingerprint density at radius 3 is 1.04 bits per heavy atom. The third-order valence-electron chi connectivity index (χ3n) is 2.42. The van der Waals surface area contributed by atoms with E-state index < -0.39 is 23.9 Å². The van der Waals surface area contributed by atoms with Crippen molar-refractivity contribution in [3.05, 3.63) is 59.2 Å². The number of pyridine rings is 2. The molecular weight excluding hydrogens is 455 g/mol. The molecule has 2 aromatic rings. The fourth-order valence-electron chi connectivity index (χ4n) is 1.27. The van der Waals surface area contributed by atoms with Crippen molar-refractivity contribution in [1.29, 1.82) is 0 Å². The van der Waals surface area contributed by atoms with E-state index in [2.05, 4.69) is 9.97 Å². The van der Waals surface area contributed by atoms with E-state index in [4.69, 9.17) is 0 Å². The second-order valence-electron chi connectivity index (χ2n) is 4.01. The Morgan fingerprint density at radius 2 is 0.885 bits per heavy atom. The number of carbonyl (C=O) groups is 4. The Labute approximate surface area is 171 Å². The summed E-state index contributed by atoms with van der Waals surface area (Å²) < 4.78 is 0. The van der Waals surface area contributed by atoms with Crippen molar-refractivity contribution in [2.45, 2.75) is 0 Å². The van der Waals surface area contributed by atoms with Crippen molar-refractivity contribution in [2.75, 3.05) is 0 Å². The topological polar surface area (TPSA) is 186 Å². The van der Waals surface area contributed by atoms with E-state index in [9.17, 15) is 39.6 Å². The monoisotopic (exact) mass is 458 g/mol. The van der Waals surface area contributed by atoms with Gasteiger partial charge in [0.2, 0.25) is 0 Å². The molecule has 10 nitrogen and oxygen atoms in total. The van der Waals surface area contributed by atoms with Crippen molar-refractivity contribution in [3.63, 3.8) is 0 Å². The number of carboxylic acids is 4. The molecule has 0 radical (unpaired) electrons. The number of aromatic nitrogens is 2. The van der Waals surface area contributed by atoms with Gasteiger partial charge in [0.25, 0.3) is 0 Å². The molecule has 0 spiro atoms. The first-order valence-electron chi connectivity index (χ1n) is 6.00. The predicted octanol–water partition coefficient (Wildman–Crippen LogP) is -4.39. The van der Waals surface area contributed by atoms with Crippen LogP contribution in [0, 0.1) is 0 Å². The Balaban J connectivity index is 0. The van der Waals surface area contributed by atoms with Gasteiger partial charge in [-0.3, -0.25) is 9.97 Å². The number of carbonyl (C=O) groups excluding carboxylic acids is 4. The Hall–Kier alpha value is -2.57. The van der Waals surface area contributed by atoms with Crippen molar-refractivity contribution in [3.8, 4) is 0 Å². The molecule has 2 aromatic heterocycles. The van der Waals surface area contributed by atoms with Crippen LogP contribution in [0.3, 0.4) is 0 Å². The molecule has 0 amide bonds. The molecule has 0 aliphatic carbocycles. The maximum absolute atomic E-state index is 10.2. The molecule has 0 N–H and O–H groups in total. The molecule has 26 heavy (non-hydrogen) atoms. The summed E-state index contributed by atoms with van der Waals surface area (Å²) >= 11 is 0. The SMILES string of the molecule is O=C([O-])c1ccc(C(=O)[O-])nc1.O=C([O-])c1ccc(C(=O)[O-])nc1.[Zn+2].[Zn+2]. The van der Waals surface area contributed by atoms with E-state index in [0.717, 1.165) is 36.7 Å². The summed E-state index contributed by atoms with van der Waals surface area (Å²) in [6, 6.07) is 4.27. The van der Waals surface area contributed by atoms with E-state index in [-0.39, 0.29) is 61.5 Å². The normalized spacial score (nSPS) is 8.62. The van der Waals surface area contributed by atoms with Gasteiger partial charge in [0.05, 0.1) is 35.3 Å². The van der Waals surface area contributed by atoms with E-state index in [1.165, 1.54) is 0 Å². The number of rotatable bonds is 4. The minimum absolute atomic E-state index is 0. The van der Waals surface area contributed by atoms with Crippen LogP contribution in [0.4, 0.5) is 0 Å². The van der Waals surface area contributed by atoms with Crippen molar-refractivity contribution >= 4 is 23.9 Å². The molecule has 12 heteroatoms. The third-order valence-corrected chi connectivity index (χ3v) is 2.42. The first-order valence-corrected chi connectivity index (χ1v) is 6.00. The van der Waals surface area contributed by atoms with Crippen molar-refractivity contribution in [2.24, 2.45) is 0 Å².